The van der Waals surface area contributed by atoms with Crippen molar-refractivity contribution in [1.29, 1.82) is 0 Å². The lowest BCUT2D eigenvalue weighted by atomic mass is 10.2. The highest BCUT2D eigenvalue weighted by atomic mass is 32.1. The van der Waals surface area contributed by atoms with Crippen LogP contribution in [0.1, 0.15) is 21.7 Å². The topological polar surface area (TPSA) is 55.1 Å². The molecule has 0 fully saturated rings. The first-order valence-electron chi connectivity index (χ1n) is 6.39. The Kier molecular flexibility index (Phi) is 2.48. The fraction of sp³-hybridized carbons (Fsp3) is 0.308. The summed E-state index contributed by atoms with van der Waals surface area (Å²) in [6.45, 7) is 0.803. The van der Waals surface area contributed by atoms with Gasteiger partial charge < -0.3 is 5.32 Å². The van der Waals surface area contributed by atoms with Crippen LogP contribution in [-0.4, -0.2) is 19.6 Å². The zero-order valence-electron chi connectivity index (χ0n) is 10.3. The maximum absolute atomic E-state index is 4.33. The van der Waals surface area contributed by atoms with Gasteiger partial charge in [0.1, 0.15) is 6.33 Å². The van der Waals surface area contributed by atoms with Crippen molar-refractivity contribution in [2.45, 2.75) is 25.8 Å². The van der Waals surface area contributed by atoms with Crippen LogP contribution in [0.2, 0.25) is 0 Å². The molecule has 1 aliphatic carbocycles. The molecule has 0 bridgehead atoms. The summed E-state index contributed by atoms with van der Waals surface area (Å²) in [5.41, 5.74) is 2.31. The monoisotopic (exact) mass is 271 g/mol. The highest BCUT2D eigenvalue weighted by Crippen LogP contribution is 2.30. The average molecular weight is 271 g/mol. The Hall–Kier alpha value is -1.95. The zero-order chi connectivity index (χ0) is 12.7. The average Bonchev–Trinajstić information content (AvgIpc) is 3.10. The number of nitrogens with zero attached hydrogens (tertiary/aromatic N) is 4. The fourth-order valence-corrected chi connectivity index (χ4v) is 3.73. The molecule has 0 atom stereocenters. The smallest absolute Gasteiger partial charge is 0.203 e. The number of hydrogen-bond donors (Lipinski definition) is 1. The molecule has 0 saturated heterocycles. The van der Waals surface area contributed by atoms with Gasteiger partial charge in [-0.05, 0) is 30.9 Å². The first kappa shape index (κ1) is 10.9. The maximum Gasteiger partial charge on any atom is 0.203 e. The van der Waals surface area contributed by atoms with Crippen molar-refractivity contribution in [1.82, 2.24) is 19.6 Å². The second-order valence-electron chi connectivity index (χ2n) is 4.71. The van der Waals surface area contributed by atoms with Crippen molar-refractivity contribution in [3.8, 4) is 0 Å². The highest BCUT2D eigenvalue weighted by molar-refractivity contribution is 7.12. The van der Waals surface area contributed by atoms with Crippen molar-refractivity contribution in [2.24, 2.45) is 0 Å². The Bertz CT molecular complexity index is 708. The van der Waals surface area contributed by atoms with Crippen LogP contribution in [0.4, 0.5) is 5.82 Å². The van der Waals surface area contributed by atoms with Crippen LogP contribution < -0.4 is 5.32 Å². The Morgan fingerprint density at radius 2 is 2.37 bits per heavy atom. The summed E-state index contributed by atoms with van der Waals surface area (Å²) in [4.78, 5) is 7.26. The van der Waals surface area contributed by atoms with Crippen LogP contribution in [-0.2, 0) is 19.4 Å². The largest absolute Gasteiger partial charge is 0.362 e. The molecular formula is C13H13N5S. The van der Waals surface area contributed by atoms with Crippen LogP contribution in [0.3, 0.4) is 0 Å². The second-order valence-corrected chi connectivity index (χ2v) is 5.93. The summed E-state index contributed by atoms with van der Waals surface area (Å²) in [5, 5.41) is 11.3. The third kappa shape index (κ3) is 1.88. The first-order valence-corrected chi connectivity index (χ1v) is 7.20. The fourth-order valence-electron chi connectivity index (χ4n) is 2.53. The summed E-state index contributed by atoms with van der Waals surface area (Å²) in [6, 6.07) is 2.32. The minimum atomic E-state index is 0.770. The van der Waals surface area contributed by atoms with Crippen molar-refractivity contribution in [2.75, 3.05) is 5.32 Å². The Morgan fingerprint density at radius 1 is 1.37 bits per heavy atom. The van der Waals surface area contributed by atoms with E-state index in [-0.39, 0.29) is 0 Å². The minimum absolute atomic E-state index is 0.770. The van der Waals surface area contributed by atoms with Crippen molar-refractivity contribution in [3.63, 3.8) is 0 Å². The van der Waals surface area contributed by atoms with Crippen LogP contribution in [0.5, 0.6) is 0 Å². The van der Waals surface area contributed by atoms with Gasteiger partial charge in [-0.3, -0.25) is 4.40 Å². The highest BCUT2D eigenvalue weighted by Gasteiger charge is 2.14. The number of fused-ring (bicyclic) bond motifs is 2. The standard InChI is InChI=1S/C13H13N5S/c1-2-9-6-10(19-11(9)3-1)7-15-12-13-17-16-8-18(13)5-4-14-12/h4-6,8H,1-3,7H2,(H,14,15). The summed E-state index contributed by atoms with van der Waals surface area (Å²) < 4.78 is 1.86. The molecule has 96 valence electrons. The van der Waals surface area contributed by atoms with Crippen molar-refractivity contribution >= 4 is 22.8 Å². The molecule has 6 heteroatoms. The third-order valence-corrected chi connectivity index (χ3v) is 4.68. The van der Waals surface area contributed by atoms with E-state index < -0.39 is 0 Å². The summed E-state index contributed by atoms with van der Waals surface area (Å²) in [7, 11) is 0. The quantitative estimate of drug-likeness (QED) is 0.794. The van der Waals surface area contributed by atoms with Crippen LogP contribution >= 0.6 is 11.3 Å². The lowest BCUT2D eigenvalue weighted by Crippen LogP contribution is -2.02. The first-order chi connectivity index (χ1) is 9.40. The Balaban J connectivity index is 1.56. The van der Waals surface area contributed by atoms with Gasteiger partial charge in [0.2, 0.25) is 5.65 Å². The molecule has 1 aliphatic rings. The zero-order valence-corrected chi connectivity index (χ0v) is 11.2. The summed E-state index contributed by atoms with van der Waals surface area (Å²) in [6.07, 6.45) is 9.09. The number of hydrogen-bond acceptors (Lipinski definition) is 5. The van der Waals surface area contributed by atoms with Gasteiger partial charge in [-0.25, -0.2) is 4.98 Å². The number of aryl methyl sites for hydroxylation is 2. The SMILES string of the molecule is c1cn2cnnc2c(NCc2cc3c(s2)CCC3)n1. The number of nitrogens with one attached hydrogen (secondary N) is 1. The Morgan fingerprint density at radius 3 is 3.32 bits per heavy atom. The molecule has 3 heterocycles. The van der Waals surface area contributed by atoms with E-state index in [0.29, 0.717) is 0 Å². The van der Waals surface area contributed by atoms with E-state index in [4.69, 9.17) is 0 Å². The van der Waals surface area contributed by atoms with E-state index in [1.807, 2.05) is 21.9 Å². The van der Waals surface area contributed by atoms with Crippen molar-refractivity contribution < 1.29 is 0 Å². The predicted molar refractivity (Wildman–Crippen MR) is 74.5 cm³/mol. The number of anilines is 1. The van der Waals surface area contributed by atoms with Gasteiger partial charge >= 0.3 is 0 Å². The Labute approximate surface area is 114 Å². The van der Waals surface area contributed by atoms with Crippen LogP contribution in [0.15, 0.2) is 24.8 Å². The molecule has 0 amide bonds. The van der Waals surface area contributed by atoms with Gasteiger partial charge in [0.05, 0.1) is 6.54 Å². The molecule has 0 aromatic carbocycles. The molecule has 0 spiro atoms. The van der Waals surface area contributed by atoms with E-state index in [0.717, 1.165) is 18.0 Å². The molecule has 5 nitrogen and oxygen atoms in total. The van der Waals surface area contributed by atoms with Gasteiger partial charge in [-0.1, -0.05) is 0 Å². The van der Waals surface area contributed by atoms with E-state index in [1.54, 1.807) is 17.4 Å². The lowest BCUT2D eigenvalue weighted by molar-refractivity contribution is 0.913. The molecule has 0 radical (unpaired) electrons. The van der Waals surface area contributed by atoms with Crippen LogP contribution in [0, 0.1) is 0 Å². The van der Waals surface area contributed by atoms with Gasteiger partial charge in [0, 0.05) is 22.1 Å². The number of thiophene rings is 1. The van der Waals surface area contributed by atoms with Gasteiger partial charge in [-0.2, -0.15) is 0 Å². The van der Waals surface area contributed by atoms with Gasteiger partial charge in [0.25, 0.3) is 0 Å². The molecule has 4 rings (SSSR count). The molecule has 3 aromatic rings. The minimum Gasteiger partial charge on any atom is -0.362 e. The van der Waals surface area contributed by atoms with E-state index in [1.165, 1.54) is 29.7 Å². The molecule has 1 N–H and O–H groups in total. The normalized spacial score (nSPS) is 13.9. The second kappa shape index (κ2) is 4.31. The predicted octanol–water partition coefficient (Wildman–Crippen LogP) is 2.29. The number of aromatic nitrogens is 4. The lowest BCUT2D eigenvalue weighted by Gasteiger charge is -2.04. The van der Waals surface area contributed by atoms with Gasteiger partial charge in [0.15, 0.2) is 5.82 Å². The molecule has 0 unspecified atom stereocenters. The molecule has 0 saturated carbocycles. The summed E-state index contributed by atoms with van der Waals surface area (Å²) >= 11 is 1.92. The van der Waals surface area contributed by atoms with E-state index >= 15 is 0 Å². The third-order valence-electron chi connectivity index (χ3n) is 3.44. The van der Waals surface area contributed by atoms with Gasteiger partial charge in [-0.15, -0.1) is 21.5 Å². The van der Waals surface area contributed by atoms with Crippen molar-refractivity contribution in [3.05, 3.63) is 40.1 Å². The van der Waals surface area contributed by atoms with E-state index in [2.05, 4.69) is 26.6 Å². The maximum atomic E-state index is 4.33. The molecule has 0 aliphatic heterocycles. The van der Waals surface area contributed by atoms with E-state index in [9.17, 15) is 0 Å². The molecular weight excluding hydrogens is 258 g/mol. The molecule has 19 heavy (non-hydrogen) atoms. The van der Waals surface area contributed by atoms with Crippen LogP contribution in [0.25, 0.3) is 5.65 Å². The molecule has 3 aromatic heterocycles. The number of rotatable bonds is 3. The summed E-state index contributed by atoms with van der Waals surface area (Å²) in [5.74, 6) is 0.786.